The van der Waals surface area contributed by atoms with E-state index in [2.05, 4.69) is 5.32 Å². The number of primary amides is 1. The fourth-order valence-corrected chi connectivity index (χ4v) is 2.03. The molecule has 0 unspecified atom stereocenters. The zero-order valence-electron chi connectivity index (χ0n) is 11.7. The van der Waals surface area contributed by atoms with Gasteiger partial charge < -0.3 is 15.8 Å². The Labute approximate surface area is 133 Å². The molecule has 0 saturated carbocycles. The second-order valence-corrected chi connectivity index (χ2v) is 5.03. The lowest BCUT2D eigenvalue weighted by Gasteiger charge is -2.08. The number of carbonyl (C=O) groups is 2. The van der Waals surface area contributed by atoms with Crippen LogP contribution in [0.3, 0.4) is 0 Å². The minimum absolute atomic E-state index is 0.229. The monoisotopic (exact) mass is 318 g/mol. The van der Waals surface area contributed by atoms with Crippen molar-refractivity contribution in [2.24, 2.45) is 5.73 Å². The molecule has 0 spiro atoms. The van der Waals surface area contributed by atoms with Gasteiger partial charge in [-0.1, -0.05) is 29.8 Å². The standard InChI is InChI=1S/C16H15ClN2O3/c17-13-5-1-3-11(7-13)9-19-16(21)12-4-2-6-14(8-12)22-10-15(18)20/h1-8H,9-10H2,(H2,18,20)(H,19,21). The molecule has 22 heavy (non-hydrogen) atoms. The molecule has 0 saturated heterocycles. The lowest BCUT2D eigenvalue weighted by molar-refractivity contribution is -0.119. The van der Waals surface area contributed by atoms with Crippen LogP contribution in [0.5, 0.6) is 5.75 Å². The molecule has 0 fully saturated rings. The predicted molar refractivity (Wildman–Crippen MR) is 83.8 cm³/mol. The van der Waals surface area contributed by atoms with Crippen molar-refractivity contribution in [2.45, 2.75) is 6.54 Å². The normalized spacial score (nSPS) is 10.0. The molecule has 0 aromatic heterocycles. The van der Waals surface area contributed by atoms with Gasteiger partial charge in [-0.2, -0.15) is 0 Å². The number of nitrogens with one attached hydrogen (secondary N) is 1. The number of ether oxygens (including phenoxy) is 1. The summed E-state index contributed by atoms with van der Waals surface area (Å²) in [5.74, 6) is -0.408. The molecule has 2 rings (SSSR count). The average molecular weight is 319 g/mol. The maximum Gasteiger partial charge on any atom is 0.255 e. The van der Waals surface area contributed by atoms with E-state index in [1.54, 1.807) is 36.4 Å². The Morgan fingerprint density at radius 1 is 1.14 bits per heavy atom. The fraction of sp³-hybridized carbons (Fsp3) is 0.125. The van der Waals surface area contributed by atoms with Gasteiger partial charge in [-0.05, 0) is 35.9 Å². The van der Waals surface area contributed by atoms with Crippen LogP contribution in [-0.4, -0.2) is 18.4 Å². The number of rotatable bonds is 6. The summed E-state index contributed by atoms with van der Waals surface area (Å²) in [5, 5.41) is 3.41. The Kier molecular flexibility index (Phi) is 5.38. The predicted octanol–water partition coefficient (Wildman–Crippen LogP) is 2.13. The first kappa shape index (κ1) is 15.9. The minimum Gasteiger partial charge on any atom is -0.484 e. The van der Waals surface area contributed by atoms with Crippen LogP contribution in [0, 0.1) is 0 Å². The van der Waals surface area contributed by atoms with Crippen LogP contribution in [-0.2, 0) is 11.3 Å². The smallest absolute Gasteiger partial charge is 0.255 e. The van der Waals surface area contributed by atoms with Crippen molar-refractivity contribution < 1.29 is 14.3 Å². The summed E-state index contributed by atoms with van der Waals surface area (Å²) in [6.45, 7) is 0.138. The molecule has 0 bridgehead atoms. The zero-order chi connectivity index (χ0) is 15.9. The van der Waals surface area contributed by atoms with Gasteiger partial charge in [-0.3, -0.25) is 9.59 Å². The molecule has 0 heterocycles. The Morgan fingerprint density at radius 2 is 1.91 bits per heavy atom. The summed E-state index contributed by atoms with van der Waals surface area (Å²) in [6, 6.07) is 13.8. The fourth-order valence-electron chi connectivity index (χ4n) is 1.81. The highest BCUT2D eigenvalue weighted by Gasteiger charge is 2.07. The first-order valence-electron chi connectivity index (χ1n) is 6.58. The second kappa shape index (κ2) is 7.47. The highest BCUT2D eigenvalue weighted by Crippen LogP contribution is 2.14. The Morgan fingerprint density at radius 3 is 2.64 bits per heavy atom. The summed E-state index contributed by atoms with van der Waals surface area (Å²) in [4.78, 5) is 22.8. The third-order valence-electron chi connectivity index (χ3n) is 2.82. The number of nitrogens with two attached hydrogens (primary N) is 1. The van der Waals surface area contributed by atoms with E-state index < -0.39 is 5.91 Å². The van der Waals surface area contributed by atoms with Gasteiger partial charge in [0.1, 0.15) is 5.75 Å². The number of benzene rings is 2. The largest absolute Gasteiger partial charge is 0.484 e. The molecule has 6 heteroatoms. The molecule has 2 amide bonds. The van der Waals surface area contributed by atoms with E-state index in [-0.39, 0.29) is 12.5 Å². The van der Waals surface area contributed by atoms with Crippen molar-refractivity contribution in [3.05, 3.63) is 64.7 Å². The molecule has 0 atom stereocenters. The first-order valence-corrected chi connectivity index (χ1v) is 6.96. The molecule has 5 nitrogen and oxygen atoms in total. The van der Waals surface area contributed by atoms with Crippen molar-refractivity contribution in [3.8, 4) is 5.75 Å². The molecular formula is C16H15ClN2O3. The van der Waals surface area contributed by atoms with E-state index in [4.69, 9.17) is 22.1 Å². The number of hydrogen-bond acceptors (Lipinski definition) is 3. The van der Waals surface area contributed by atoms with Gasteiger partial charge >= 0.3 is 0 Å². The lowest BCUT2D eigenvalue weighted by Crippen LogP contribution is -2.23. The van der Waals surface area contributed by atoms with Crippen LogP contribution in [0.15, 0.2) is 48.5 Å². The third kappa shape index (κ3) is 4.79. The van der Waals surface area contributed by atoms with E-state index in [1.807, 2.05) is 12.1 Å². The molecule has 0 aliphatic carbocycles. The van der Waals surface area contributed by atoms with Gasteiger partial charge in [0.2, 0.25) is 0 Å². The second-order valence-electron chi connectivity index (χ2n) is 4.60. The molecular weight excluding hydrogens is 304 g/mol. The molecule has 0 aliphatic rings. The summed E-state index contributed by atoms with van der Waals surface area (Å²) in [5.41, 5.74) is 6.35. The first-order chi connectivity index (χ1) is 10.5. The number of hydrogen-bond donors (Lipinski definition) is 2. The van der Waals surface area contributed by atoms with Crippen LogP contribution in [0.1, 0.15) is 15.9 Å². The molecule has 2 aromatic carbocycles. The van der Waals surface area contributed by atoms with E-state index >= 15 is 0 Å². The molecule has 2 aromatic rings. The van der Waals surface area contributed by atoms with Gasteiger partial charge in [-0.25, -0.2) is 0 Å². The van der Waals surface area contributed by atoms with Gasteiger partial charge in [0.25, 0.3) is 11.8 Å². The van der Waals surface area contributed by atoms with Crippen molar-refractivity contribution in [2.75, 3.05) is 6.61 Å². The number of amides is 2. The minimum atomic E-state index is -0.573. The Bertz CT molecular complexity index is 689. The van der Waals surface area contributed by atoms with Crippen LogP contribution in [0.25, 0.3) is 0 Å². The number of halogens is 1. The molecule has 0 aliphatic heterocycles. The average Bonchev–Trinajstić information content (AvgIpc) is 2.51. The summed E-state index contributed by atoms with van der Waals surface area (Å²) in [6.07, 6.45) is 0. The lowest BCUT2D eigenvalue weighted by atomic mass is 10.2. The summed E-state index contributed by atoms with van der Waals surface area (Å²) >= 11 is 5.89. The number of carbonyl (C=O) groups excluding carboxylic acids is 2. The van der Waals surface area contributed by atoms with E-state index in [0.717, 1.165) is 5.56 Å². The topological polar surface area (TPSA) is 81.4 Å². The SMILES string of the molecule is NC(=O)COc1cccc(C(=O)NCc2cccc(Cl)c2)c1. The molecule has 0 radical (unpaired) electrons. The van der Waals surface area contributed by atoms with Gasteiger partial charge in [0, 0.05) is 17.1 Å². The Hall–Kier alpha value is -2.53. The van der Waals surface area contributed by atoms with E-state index in [1.165, 1.54) is 0 Å². The highest BCUT2D eigenvalue weighted by atomic mass is 35.5. The van der Waals surface area contributed by atoms with Gasteiger partial charge in [0.15, 0.2) is 6.61 Å². The highest BCUT2D eigenvalue weighted by molar-refractivity contribution is 6.30. The maximum absolute atomic E-state index is 12.1. The third-order valence-corrected chi connectivity index (χ3v) is 3.05. The molecule has 3 N–H and O–H groups in total. The molecule has 114 valence electrons. The van der Waals surface area contributed by atoms with Gasteiger partial charge in [0.05, 0.1) is 0 Å². The Balaban J connectivity index is 1.97. The summed E-state index contributed by atoms with van der Waals surface area (Å²) < 4.78 is 5.16. The van der Waals surface area contributed by atoms with Crippen molar-refractivity contribution in [3.63, 3.8) is 0 Å². The van der Waals surface area contributed by atoms with Crippen LogP contribution < -0.4 is 15.8 Å². The van der Waals surface area contributed by atoms with Gasteiger partial charge in [-0.15, -0.1) is 0 Å². The summed E-state index contributed by atoms with van der Waals surface area (Å²) in [7, 11) is 0. The van der Waals surface area contributed by atoms with E-state index in [0.29, 0.717) is 22.9 Å². The van der Waals surface area contributed by atoms with Crippen LogP contribution in [0.4, 0.5) is 0 Å². The quantitative estimate of drug-likeness (QED) is 0.856. The maximum atomic E-state index is 12.1. The van der Waals surface area contributed by atoms with Crippen LogP contribution >= 0.6 is 11.6 Å². The van der Waals surface area contributed by atoms with E-state index in [9.17, 15) is 9.59 Å². The van der Waals surface area contributed by atoms with Crippen molar-refractivity contribution >= 4 is 23.4 Å². The van der Waals surface area contributed by atoms with Crippen molar-refractivity contribution in [1.82, 2.24) is 5.32 Å². The van der Waals surface area contributed by atoms with Crippen LogP contribution in [0.2, 0.25) is 5.02 Å². The van der Waals surface area contributed by atoms with Crippen molar-refractivity contribution in [1.29, 1.82) is 0 Å². The zero-order valence-corrected chi connectivity index (χ0v) is 12.5.